The minimum absolute atomic E-state index is 0.0814. The van der Waals surface area contributed by atoms with Crippen molar-refractivity contribution in [3.63, 3.8) is 0 Å². The van der Waals surface area contributed by atoms with Crippen molar-refractivity contribution in [3.05, 3.63) is 54.3 Å². The van der Waals surface area contributed by atoms with Crippen LogP contribution in [0.15, 0.2) is 48.5 Å². The number of ether oxygens (including phenoxy) is 2. The molecule has 158 valence electrons. The summed E-state index contributed by atoms with van der Waals surface area (Å²) >= 11 is 0. The summed E-state index contributed by atoms with van der Waals surface area (Å²) in [4.78, 5) is 11.9. The van der Waals surface area contributed by atoms with Gasteiger partial charge in [0.25, 0.3) is 0 Å². The highest BCUT2D eigenvalue weighted by Gasteiger charge is 2.18. The van der Waals surface area contributed by atoms with Crippen LogP contribution in [0.2, 0.25) is 0 Å². The smallest absolute Gasteiger partial charge is 0.232 e. The van der Waals surface area contributed by atoms with Gasteiger partial charge in [0, 0.05) is 13.0 Å². The van der Waals surface area contributed by atoms with Crippen molar-refractivity contribution in [2.75, 3.05) is 37.4 Å². The van der Waals surface area contributed by atoms with E-state index in [-0.39, 0.29) is 24.6 Å². The Morgan fingerprint density at radius 1 is 1.14 bits per heavy atom. The van der Waals surface area contributed by atoms with E-state index < -0.39 is 15.8 Å². The minimum Gasteiger partial charge on any atom is -0.497 e. The maximum absolute atomic E-state index is 13.4. The molecule has 1 amide bonds. The quantitative estimate of drug-likeness (QED) is 0.561. The predicted octanol–water partition coefficient (Wildman–Crippen LogP) is 2.58. The summed E-state index contributed by atoms with van der Waals surface area (Å²) in [6, 6.07) is 12.4. The zero-order valence-electron chi connectivity index (χ0n) is 16.4. The zero-order valence-corrected chi connectivity index (χ0v) is 17.2. The van der Waals surface area contributed by atoms with E-state index in [1.54, 1.807) is 31.4 Å². The highest BCUT2D eigenvalue weighted by atomic mass is 32.2. The average molecular weight is 424 g/mol. The molecular weight excluding hydrogens is 399 g/mol. The largest absolute Gasteiger partial charge is 0.497 e. The minimum atomic E-state index is -3.58. The molecule has 0 unspecified atom stereocenters. The predicted molar refractivity (Wildman–Crippen MR) is 109 cm³/mol. The van der Waals surface area contributed by atoms with Crippen molar-refractivity contribution in [2.45, 2.75) is 12.8 Å². The first kappa shape index (κ1) is 22.5. The number of halogens is 1. The fourth-order valence-corrected chi connectivity index (χ4v) is 3.58. The summed E-state index contributed by atoms with van der Waals surface area (Å²) < 4.78 is 49.0. The van der Waals surface area contributed by atoms with Crippen LogP contribution in [-0.2, 0) is 14.8 Å². The first-order valence-electron chi connectivity index (χ1n) is 9.06. The Hall–Kier alpha value is -2.81. The Kier molecular flexibility index (Phi) is 8.26. The summed E-state index contributed by atoms with van der Waals surface area (Å²) in [5.74, 6) is 0.660. The lowest BCUT2D eigenvalue weighted by Crippen LogP contribution is -2.33. The number of sulfonamides is 1. The second-order valence-corrected chi connectivity index (χ2v) is 8.20. The summed E-state index contributed by atoms with van der Waals surface area (Å²) in [5.41, 5.74) is 0.237. The fourth-order valence-electron chi connectivity index (χ4n) is 2.62. The van der Waals surface area contributed by atoms with E-state index in [9.17, 15) is 17.6 Å². The van der Waals surface area contributed by atoms with Crippen LogP contribution < -0.4 is 19.1 Å². The lowest BCUT2D eigenvalue weighted by molar-refractivity contribution is -0.121. The third-order valence-corrected chi connectivity index (χ3v) is 5.21. The topological polar surface area (TPSA) is 84.9 Å². The Bertz CT molecular complexity index is 903. The Labute approximate surface area is 170 Å². The standard InChI is InChI=1S/C20H25FN2O5S/c1-27-18-8-10-19(11-9-18)28-14-12-22-20(24)7-4-13-23(29(2,25)26)17-6-3-5-16(21)15-17/h3,5-6,8-11,15H,4,7,12-14H2,1-2H3,(H,22,24). The first-order chi connectivity index (χ1) is 13.8. The molecule has 7 nitrogen and oxygen atoms in total. The van der Waals surface area contributed by atoms with E-state index in [0.29, 0.717) is 25.3 Å². The van der Waals surface area contributed by atoms with Gasteiger partial charge in [0.05, 0.1) is 25.6 Å². The van der Waals surface area contributed by atoms with Gasteiger partial charge in [0.1, 0.15) is 23.9 Å². The van der Waals surface area contributed by atoms with Gasteiger partial charge in [-0.2, -0.15) is 0 Å². The van der Waals surface area contributed by atoms with Gasteiger partial charge in [0.15, 0.2) is 0 Å². The average Bonchev–Trinajstić information content (AvgIpc) is 2.68. The number of amides is 1. The highest BCUT2D eigenvalue weighted by molar-refractivity contribution is 7.92. The van der Waals surface area contributed by atoms with Crippen LogP contribution in [0.3, 0.4) is 0 Å². The number of methoxy groups -OCH3 is 1. The van der Waals surface area contributed by atoms with Crippen molar-refractivity contribution in [1.82, 2.24) is 5.32 Å². The number of anilines is 1. The maximum Gasteiger partial charge on any atom is 0.232 e. The first-order valence-corrected chi connectivity index (χ1v) is 10.9. The van der Waals surface area contributed by atoms with Crippen LogP contribution in [-0.4, -0.2) is 47.4 Å². The van der Waals surface area contributed by atoms with Gasteiger partial charge in [0.2, 0.25) is 15.9 Å². The third kappa shape index (κ3) is 7.61. The molecule has 0 aliphatic carbocycles. The Morgan fingerprint density at radius 3 is 2.45 bits per heavy atom. The number of carbonyl (C=O) groups is 1. The summed E-state index contributed by atoms with van der Waals surface area (Å²) in [6.45, 7) is 0.708. The van der Waals surface area contributed by atoms with E-state index in [1.807, 2.05) is 0 Å². The normalized spacial score (nSPS) is 11.0. The van der Waals surface area contributed by atoms with E-state index in [1.165, 1.54) is 18.2 Å². The molecule has 0 radical (unpaired) electrons. The molecule has 29 heavy (non-hydrogen) atoms. The van der Waals surface area contributed by atoms with Crippen molar-refractivity contribution >= 4 is 21.6 Å². The maximum atomic E-state index is 13.4. The summed E-state index contributed by atoms with van der Waals surface area (Å²) in [5, 5.41) is 2.72. The van der Waals surface area contributed by atoms with Crippen molar-refractivity contribution < 1.29 is 27.1 Å². The van der Waals surface area contributed by atoms with Gasteiger partial charge >= 0.3 is 0 Å². The zero-order chi connectivity index (χ0) is 21.3. The second kappa shape index (κ2) is 10.7. The van der Waals surface area contributed by atoms with Crippen LogP contribution >= 0.6 is 0 Å². The molecule has 0 fully saturated rings. The second-order valence-electron chi connectivity index (χ2n) is 6.29. The molecule has 0 spiro atoms. The number of carbonyl (C=O) groups excluding carboxylic acids is 1. The van der Waals surface area contributed by atoms with Crippen LogP contribution in [0.4, 0.5) is 10.1 Å². The number of rotatable bonds is 11. The van der Waals surface area contributed by atoms with Crippen LogP contribution in [0.5, 0.6) is 11.5 Å². The van der Waals surface area contributed by atoms with E-state index in [4.69, 9.17) is 9.47 Å². The number of hydrogen-bond acceptors (Lipinski definition) is 5. The van der Waals surface area contributed by atoms with Crippen molar-refractivity contribution in [3.8, 4) is 11.5 Å². The molecule has 9 heteroatoms. The highest BCUT2D eigenvalue weighted by Crippen LogP contribution is 2.19. The monoisotopic (exact) mass is 424 g/mol. The Morgan fingerprint density at radius 2 is 1.83 bits per heavy atom. The molecule has 0 atom stereocenters. The lowest BCUT2D eigenvalue weighted by Gasteiger charge is -2.22. The molecule has 0 aliphatic heterocycles. The molecule has 2 aromatic carbocycles. The summed E-state index contributed by atoms with van der Waals surface area (Å²) in [6.07, 6.45) is 1.49. The molecule has 2 rings (SSSR count). The molecule has 0 aliphatic rings. The number of nitrogens with one attached hydrogen (secondary N) is 1. The van der Waals surface area contributed by atoms with E-state index in [0.717, 1.165) is 22.4 Å². The van der Waals surface area contributed by atoms with Crippen molar-refractivity contribution in [2.24, 2.45) is 0 Å². The van der Waals surface area contributed by atoms with Gasteiger partial charge in [-0.1, -0.05) is 6.07 Å². The molecule has 0 heterocycles. The molecule has 0 aromatic heterocycles. The molecule has 0 saturated heterocycles. The van der Waals surface area contributed by atoms with Gasteiger partial charge < -0.3 is 14.8 Å². The van der Waals surface area contributed by atoms with Gasteiger partial charge in [-0.05, 0) is 48.9 Å². The number of nitrogens with zero attached hydrogens (tertiary/aromatic N) is 1. The fraction of sp³-hybridized carbons (Fsp3) is 0.350. The summed E-state index contributed by atoms with van der Waals surface area (Å²) in [7, 11) is -2.00. The van der Waals surface area contributed by atoms with Gasteiger partial charge in [-0.15, -0.1) is 0 Å². The van der Waals surface area contributed by atoms with Crippen LogP contribution in [0.1, 0.15) is 12.8 Å². The molecule has 0 bridgehead atoms. The number of benzene rings is 2. The van der Waals surface area contributed by atoms with Crippen LogP contribution in [0, 0.1) is 5.82 Å². The van der Waals surface area contributed by atoms with E-state index >= 15 is 0 Å². The lowest BCUT2D eigenvalue weighted by atomic mass is 10.2. The Balaban J connectivity index is 1.73. The molecule has 2 aromatic rings. The number of hydrogen-bond donors (Lipinski definition) is 1. The SMILES string of the molecule is COc1ccc(OCCNC(=O)CCCN(c2cccc(F)c2)S(C)(=O)=O)cc1. The van der Waals surface area contributed by atoms with Crippen molar-refractivity contribution in [1.29, 1.82) is 0 Å². The molecular formula is C20H25FN2O5S. The third-order valence-electron chi connectivity index (χ3n) is 4.01. The van der Waals surface area contributed by atoms with E-state index in [2.05, 4.69) is 5.32 Å². The van der Waals surface area contributed by atoms with Gasteiger partial charge in [-0.25, -0.2) is 12.8 Å². The molecule has 1 N–H and O–H groups in total. The molecule has 0 saturated carbocycles. The van der Waals surface area contributed by atoms with Gasteiger partial charge in [-0.3, -0.25) is 9.10 Å². The van der Waals surface area contributed by atoms with Crippen LogP contribution in [0.25, 0.3) is 0 Å².